The number of anilines is 1. The molecule has 20 heavy (non-hydrogen) atoms. The molecule has 0 fully saturated rings. The Bertz CT molecular complexity index is 521. The van der Waals surface area contributed by atoms with Crippen molar-refractivity contribution in [2.75, 3.05) is 18.4 Å². The monoisotopic (exact) mass is 298 g/mol. The number of aryl methyl sites for hydroxylation is 2. The number of nitrogens with zero attached hydrogens (tertiary/aromatic N) is 1. The van der Waals surface area contributed by atoms with Gasteiger partial charge in [0.05, 0.1) is 12.2 Å². The Kier molecular flexibility index (Phi) is 4.51. The minimum absolute atomic E-state index is 0.287. The summed E-state index contributed by atoms with van der Waals surface area (Å²) < 4.78 is 0. The van der Waals surface area contributed by atoms with Gasteiger partial charge < -0.3 is 15.7 Å². The number of carboxylic acid groups (broad SMARTS) is 1. The number of nitrogens with one attached hydrogen (secondary N) is 3. The first-order valence-electron chi connectivity index (χ1n) is 6.06. The van der Waals surface area contributed by atoms with Gasteiger partial charge in [-0.15, -0.1) is 11.3 Å². The normalized spacial score (nSPS) is 12.6. The number of hydrogen-bond acceptors (Lipinski definition) is 5. The lowest BCUT2D eigenvalue weighted by molar-refractivity contribution is -0.137. The molecule has 0 bridgehead atoms. The molecule has 1 aliphatic rings. The van der Waals surface area contributed by atoms with E-state index in [-0.39, 0.29) is 6.54 Å². The molecule has 2 rings (SSSR count). The van der Waals surface area contributed by atoms with Gasteiger partial charge in [0, 0.05) is 4.88 Å². The molecule has 0 aliphatic heterocycles. The third kappa shape index (κ3) is 3.92. The van der Waals surface area contributed by atoms with Gasteiger partial charge in [-0.05, 0) is 19.3 Å². The van der Waals surface area contributed by atoms with Crippen molar-refractivity contribution in [3.63, 3.8) is 0 Å². The van der Waals surface area contributed by atoms with E-state index in [9.17, 15) is 14.4 Å². The Hall–Kier alpha value is -2.16. The number of carbonyl (C=O) groups excluding carboxylic acids is 2. The summed E-state index contributed by atoms with van der Waals surface area (Å²) in [6.45, 7) is -0.758. The van der Waals surface area contributed by atoms with Crippen LogP contribution in [0.1, 0.15) is 17.0 Å². The fraction of sp³-hybridized carbons (Fsp3) is 0.455. The van der Waals surface area contributed by atoms with E-state index in [2.05, 4.69) is 20.9 Å². The van der Waals surface area contributed by atoms with E-state index in [1.54, 1.807) is 0 Å². The van der Waals surface area contributed by atoms with Crippen LogP contribution in [-0.2, 0) is 22.4 Å². The molecular weight excluding hydrogens is 284 g/mol. The first kappa shape index (κ1) is 14.3. The fourth-order valence-corrected chi connectivity index (χ4v) is 2.83. The maximum Gasteiger partial charge on any atom is 0.322 e. The Morgan fingerprint density at radius 3 is 2.70 bits per heavy atom. The van der Waals surface area contributed by atoms with Crippen LogP contribution in [0.4, 0.5) is 9.93 Å². The first-order chi connectivity index (χ1) is 9.54. The second-order valence-electron chi connectivity index (χ2n) is 4.22. The van der Waals surface area contributed by atoms with Gasteiger partial charge in [0.15, 0.2) is 5.13 Å². The van der Waals surface area contributed by atoms with Crippen LogP contribution in [0.2, 0.25) is 0 Å². The van der Waals surface area contributed by atoms with Gasteiger partial charge in [-0.1, -0.05) is 0 Å². The van der Waals surface area contributed by atoms with Gasteiger partial charge in [-0.3, -0.25) is 14.9 Å². The molecule has 4 N–H and O–H groups in total. The van der Waals surface area contributed by atoms with Crippen LogP contribution in [-0.4, -0.2) is 41.1 Å². The predicted molar refractivity (Wildman–Crippen MR) is 71.8 cm³/mol. The summed E-state index contributed by atoms with van der Waals surface area (Å²) >= 11 is 1.44. The highest BCUT2D eigenvalue weighted by Gasteiger charge is 2.17. The van der Waals surface area contributed by atoms with E-state index >= 15 is 0 Å². The zero-order chi connectivity index (χ0) is 14.5. The van der Waals surface area contributed by atoms with Gasteiger partial charge in [0.25, 0.3) is 0 Å². The average Bonchev–Trinajstić information content (AvgIpc) is 2.94. The summed E-state index contributed by atoms with van der Waals surface area (Å²) in [4.78, 5) is 38.4. The van der Waals surface area contributed by atoms with E-state index in [1.165, 1.54) is 16.2 Å². The average molecular weight is 298 g/mol. The molecule has 0 saturated heterocycles. The number of aliphatic carboxylic acids is 1. The lowest BCUT2D eigenvalue weighted by Crippen LogP contribution is -2.40. The van der Waals surface area contributed by atoms with Crippen LogP contribution in [0.3, 0.4) is 0 Å². The third-order valence-corrected chi connectivity index (χ3v) is 3.74. The molecule has 108 valence electrons. The summed E-state index contributed by atoms with van der Waals surface area (Å²) in [6, 6.07) is -0.539. The molecule has 0 aromatic carbocycles. The van der Waals surface area contributed by atoms with Crippen LogP contribution in [0.5, 0.6) is 0 Å². The predicted octanol–water partition coefficient (Wildman–Crippen LogP) is -0.0459. The van der Waals surface area contributed by atoms with Gasteiger partial charge in [0.1, 0.15) is 6.54 Å². The van der Waals surface area contributed by atoms with E-state index in [4.69, 9.17) is 5.11 Å². The quantitative estimate of drug-likeness (QED) is 0.607. The topological polar surface area (TPSA) is 120 Å². The largest absolute Gasteiger partial charge is 0.480 e. The number of urea groups is 1. The Morgan fingerprint density at radius 1 is 1.20 bits per heavy atom. The van der Waals surface area contributed by atoms with Crippen molar-refractivity contribution in [1.82, 2.24) is 15.6 Å². The number of aromatic nitrogens is 1. The van der Waals surface area contributed by atoms with Crippen molar-refractivity contribution in [2.24, 2.45) is 0 Å². The van der Waals surface area contributed by atoms with Gasteiger partial charge in [0.2, 0.25) is 5.91 Å². The first-order valence-corrected chi connectivity index (χ1v) is 6.88. The summed E-state index contributed by atoms with van der Waals surface area (Å²) in [5.74, 6) is -1.70. The molecule has 0 unspecified atom stereocenters. The SMILES string of the molecule is O=C(O)CNC(=O)CNC(=O)Nc1nc2c(s1)CCC2. The Balaban J connectivity index is 1.72. The van der Waals surface area contributed by atoms with Crippen LogP contribution in [0.15, 0.2) is 0 Å². The van der Waals surface area contributed by atoms with Gasteiger partial charge in [-0.2, -0.15) is 0 Å². The summed E-state index contributed by atoms with van der Waals surface area (Å²) in [5.41, 5.74) is 1.03. The molecular formula is C11H14N4O4S. The molecule has 8 nitrogen and oxygen atoms in total. The molecule has 0 spiro atoms. The molecule has 1 aromatic heterocycles. The molecule has 3 amide bonds. The zero-order valence-electron chi connectivity index (χ0n) is 10.6. The molecule has 1 heterocycles. The lowest BCUT2D eigenvalue weighted by atomic mass is 10.4. The van der Waals surface area contributed by atoms with E-state index < -0.39 is 24.5 Å². The van der Waals surface area contributed by atoms with Gasteiger partial charge in [-0.25, -0.2) is 9.78 Å². The van der Waals surface area contributed by atoms with Crippen LogP contribution in [0.25, 0.3) is 0 Å². The van der Waals surface area contributed by atoms with E-state index in [0.29, 0.717) is 5.13 Å². The minimum Gasteiger partial charge on any atom is -0.480 e. The van der Waals surface area contributed by atoms with Gasteiger partial charge >= 0.3 is 12.0 Å². The smallest absolute Gasteiger partial charge is 0.322 e. The highest BCUT2D eigenvalue weighted by molar-refractivity contribution is 7.15. The molecule has 0 atom stereocenters. The maximum atomic E-state index is 11.5. The number of carbonyl (C=O) groups is 3. The van der Waals surface area contributed by atoms with Crippen LogP contribution < -0.4 is 16.0 Å². The second-order valence-corrected chi connectivity index (χ2v) is 5.30. The van der Waals surface area contributed by atoms with Crippen molar-refractivity contribution in [3.05, 3.63) is 10.6 Å². The summed E-state index contributed by atoms with van der Waals surface area (Å²) in [5, 5.41) is 15.9. The number of fused-ring (bicyclic) bond motifs is 1. The number of hydrogen-bond donors (Lipinski definition) is 4. The number of carboxylic acids is 1. The maximum absolute atomic E-state index is 11.5. The summed E-state index contributed by atoms with van der Waals surface area (Å²) in [6.07, 6.45) is 3.03. The second kappa shape index (κ2) is 6.33. The van der Waals surface area contributed by atoms with E-state index in [1.807, 2.05) is 0 Å². The van der Waals surface area contributed by atoms with E-state index in [0.717, 1.165) is 25.0 Å². The molecule has 0 radical (unpaired) electrons. The molecule has 0 saturated carbocycles. The number of amides is 3. The number of thiazole rings is 1. The number of rotatable bonds is 5. The third-order valence-electron chi connectivity index (χ3n) is 2.66. The highest BCUT2D eigenvalue weighted by atomic mass is 32.1. The van der Waals surface area contributed by atoms with Crippen molar-refractivity contribution >= 4 is 34.4 Å². The lowest BCUT2D eigenvalue weighted by Gasteiger charge is -2.05. The molecule has 1 aliphatic carbocycles. The Morgan fingerprint density at radius 2 is 2.00 bits per heavy atom. The van der Waals surface area contributed by atoms with Crippen LogP contribution >= 0.6 is 11.3 Å². The Labute approximate surface area is 118 Å². The molecule has 1 aromatic rings. The van der Waals surface area contributed by atoms with Crippen molar-refractivity contribution < 1.29 is 19.5 Å². The highest BCUT2D eigenvalue weighted by Crippen LogP contribution is 2.30. The minimum atomic E-state index is -1.14. The van der Waals surface area contributed by atoms with Crippen molar-refractivity contribution in [1.29, 1.82) is 0 Å². The zero-order valence-corrected chi connectivity index (χ0v) is 11.4. The molecule has 9 heteroatoms. The van der Waals surface area contributed by atoms with Crippen LogP contribution in [0, 0.1) is 0 Å². The fourth-order valence-electron chi connectivity index (χ4n) is 1.78. The standard InChI is InChI=1S/C11H14N4O4S/c16-8(12-5-9(17)18)4-13-10(19)15-11-14-6-2-1-3-7(6)20-11/h1-5H2,(H,12,16)(H,17,18)(H2,13,14,15,19). The van der Waals surface area contributed by atoms with Crippen molar-refractivity contribution in [3.8, 4) is 0 Å². The van der Waals surface area contributed by atoms with Crippen molar-refractivity contribution in [2.45, 2.75) is 19.3 Å². The summed E-state index contributed by atoms with van der Waals surface area (Å²) in [7, 11) is 0.